The lowest BCUT2D eigenvalue weighted by molar-refractivity contribution is 0.134. The van der Waals surface area contributed by atoms with Gasteiger partial charge in [-0.1, -0.05) is 38.6 Å². The first-order chi connectivity index (χ1) is 9.17. The van der Waals surface area contributed by atoms with E-state index < -0.39 is 0 Å². The number of pyridine rings is 1. The van der Waals surface area contributed by atoms with Crippen molar-refractivity contribution in [3.8, 4) is 0 Å². The van der Waals surface area contributed by atoms with E-state index in [1.54, 1.807) is 6.08 Å². The van der Waals surface area contributed by atoms with Gasteiger partial charge >= 0.3 is 0 Å². The number of rotatable bonds is 4. The zero-order chi connectivity index (χ0) is 13.7. The van der Waals surface area contributed by atoms with Crippen LogP contribution in [-0.4, -0.2) is 23.0 Å². The third-order valence-corrected chi connectivity index (χ3v) is 3.60. The first-order valence-electron chi connectivity index (χ1n) is 7.13. The molecule has 0 aromatic carbocycles. The van der Waals surface area contributed by atoms with Crippen LogP contribution in [-0.2, 0) is 6.54 Å². The van der Waals surface area contributed by atoms with E-state index in [4.69, 9.17) is 0 Å². The Morgan fingerprint density at radius 2 is 2.05 bits per heavy atom. The van der Waals surface area contributed by atoms with Gasteiger partial charge in [0.25, 0.3) is 0 Å². The highest BCUT2D eigenvalue weighted by molar-refractivity contribution is 5.46. The van der Waals surface area contributed by atoms with Crippen molar-refractivity contribution in [2.75, 3.05) is 13.1 Å². The summed E-state index contributed by atoms with van der Waals surface area (Å²) >= 11 is 0. The number of likely N-dealkylation sites (tertiary alicyclic amines) is 1. The van der Waals surface area contributed by atoms with Gasteiger partial charge in [0.1, 0.15) is 0 Å². The highest BCUT2D eigenvalue weighted by Gasteiger charge is 2.21. The number of piperidine rings is 1. The maximum absolute atomic E-state index is 4.46. The van der Waals surface area contributed by atoms with Gasteiger partial charge in [0, 0.05) is 25.8 Å². The zero-order valence-corrected chi connectivity index (χ0v) is 12.0. The van der Waals surface area contributed by atoms with E-state index in [-0.39, 0.29) is 0 Å². The third-order valence-electron chi connectivity index (χ3n) is 3.60. The third kappa shape index (κ3) is 4.32. The molecule has 1 aromatic heterocycles. The molecule has 1 aliphatic heterocycles. The molecule has 0 saturated carbocycles. The van der Waals surface area contributed by atoms with Crippen molar-refractivity contribution < 1.29 is 0 Å². The summed E-state index contributed by atoms with van der Waals surface area (Å²) in [6.07, 6.45) is 9.01. The molecule has 1 saturated heterocycles. The lowest BCUT2D eigenvalue weighted by Gasteiger charge is -2.34. The molecule has 2 heterocycles. The van der Waals surface area contributed by atoms with Crippen LogP contribution in [0.1, 0.15) is 31.5 Å². The smallest absolute Gasteiger partial charge is 0.0629 e. The Kier molecular flexibility index (Phi) is 4.92. The molecule has 2 unspecified atom stereocenters. The van der Waals surface area contributed by atoms with Crippen molar-refractivity contribution >= 4 is 6.08 Å². The second-order valence-corrected chi connectivity index (χ2v) is 5.83. The van der Waals surface area contributed by atoms with Crippen LogP contribution in [0.5, 0.6) is 0 Å². The minimum atomic E-state index is 0.812. The van der Waals surface area contributed by atoms with E-state index in [2.05, 4.69) is 42.4 Å². The largest absolute Gasteiger partial charge is 0.298 e. The summed E-state index contributed by atoms with van der Waals surface area (Å²) in [5.41, 5.74) is 2.29. The van der Waals surface area contributed by atoms with Crippen molar-refractivity contribution in [2.45, 2.75) is 26.8 Å². The van der Waals surface area contributed by atoms with Crippen LogP contribution in [0, 0.1) is 11.8 Å². The molecule has 2 atom stereocenters. The Hall–Kier alpha value is -1.41. The minimum Gasteiger partial charge on any atom is -0.298 e. The van der Waals surface area contributed by atoms with Gasteiger partial charge in [0.05, 0.1) is 5.69 Å². The fourth-order valence-electron chi connectivity index (χ4n) is 2.97. The molecule has 102 valence electrons. The van der Waals surface area contributed by atoms with Crippen molar-refractivity contribution in [3.05, 3.63) is 48.3 Å². The quantitative estimate of drug-likeness (QED) is 0.763. The summed E-state index contributed by atoms with van der Waals surface area (Å²) in [6.45, 7) is 11.8. The standard InChI is InChI=1S/C17H24N2/c1-4-5-6-17-8-7-16(10-18-17)13-19-11-14(2)9-15(3)12-19/h4-8,10,14-15H,1,9,11-13H2,2-3H3/b6-5-. The molecule has 0 N–H and O–H groups in total. The molecular weight excluding hydrogens is 232 g/mol. The van der Waals surface area contributed by atoms with E-state index in [1.165, 1.54) is 25.1 Å². The zero-order valence-electron chi connectivity index (χ0n) is 12.0. The van der Waals surface area contributed by atoms with Gasteiger partial charge < -0.3 is 0 Å². The van der Waals surface area contributed by atoms with Gasteiger partial charge in [-0.3, -0.25) is 9.88 Å². The summed E-state index contributed by atoms with van der Waals surface area (Å²) in [4.78, 5) is 7.01. The molecular formula is C17H24N2. The van der Waals surface area contributed by atoms with Crippen LogP contribution in [0.25, 0.3) is 6.08 Å². The molecule has 0 aliphatic carbocycles. The summed E-state index contributed by atoms with van der Waals surface area (Å²) in [5.74, 6) is 1.62. The molecule has 1 aliphatic rings. The van der Waals surface area contributed by atoms with Crippen molar-refractivity contribution in [1.82, 2.24) is 9.88 Å². The number of nitrogens with zero attached hydrogens (tertiary/aromatic N) is 2. The summed E-state index contributed by atoms with van der Waals surface area (Å²) < 4.78 is 0. The van der Waals surface area contributed by atoms with Crippen molar-refractivity contribution in [2.24, 2.45) is 11.8 Å². The SMILES string of the molecule is C=C/C=C\c1ccc(CN2CC(C)CC(C)C2)cn1. The van der Waals surface area contributed by atoms with Crippen molar-refractivity contribution in [1.29, 1.82) is 0 Å². The summed E-state index contributed by atoms with van der Waals surface area (Å²) in [7, 11) is 0. The van der Waals surface area contributed by atoms with Crippen LogP contribution in [0.4, 0.5) is 0 Å². The maximum atomic E-state index is 4.46. The highest BCUT2D eigenvalue weighted by Crippen LogP contribution is 2.22. The highest BCUT2D eigenvalue weighted by atomic mass is 15.1. The Bertz CT molecular complexity index is 423. The van der Waals surface area contributed by atoms with Gasteiger partial charge in [-0.15, -0.1) is 0 Å². The number of aromatic nitrogens is 1. The summed E-state index contributed by atoms with van der Waals surface area (Å²) in [5, 5.41) is 0. The van der Waals surface area contributed by atoms with E-state index in [0.29, 0.717) is 0 Å². The van der Waals surface area contributed by atoms with E-state index >= 15 is 0 Å². The van der Waals surface area contributed by atoms with E-state index in [1.807, 2.05) is 18.3 Å². The normalized spacial score (nSPS) is 24.7. The monoisotopic (exact) mass is 256 g/mol. The lowest BCUT2D eigenvalue weighted by atomic mass is 9.92. The molecule has 2 rings (SSSR count). The maximum Gasteiger partial charge on any atom is 0.0629 e. The minimum absolute atomic E-state index is 0.812. The average Bonchev–Trinajstić information content (AvgIpc) is 2.37. The Morgan fingerprint density at radius 3 is 2.63 bits per heavy atom. The average molecular weight is 256 g/mol. The second kappa shape index (κ2) is 6.67. The van der Waals surface area contributed by atoms with Crippen LogP contribution >= 0.6 is 0 Å². The van der Waals surface area contributed by atoms with Gasteiger partial charge in [-0.25, -0.2) is 0 Å². The second-order valence-electron chi connectivity index (χ2n) is 5.83. The number of allylic oxidation sites excluding steroid dienone is 2. The van der Waals surface area contributed by atoms with Crippen LogP contribution in [0.3, 0.4) is 0 Å². The van der Waals surface area contributed by atoms with Gasteiger partial charge in [0.15, 0.2) is 0 Å². The number of hydrogen-bond acceptors (Lipinski definition) is 2. The lowest BCUT2D eigenvalue weighted by Crippen LogP contribution is -2.38. The van der Waals surface area contributed by atoms with Crippen molar-refractivity contribution in [3.63, 3.8) is 0 Å². The first-order valence-corrected chi connectivity index (χ1v) is 7.13. The van der Waals surface area contributed by atoms with Gasteiger partial charge in [-0.2, -0.15) is 0 Å². The molecule has 19 heavy (non-hydrogen) atoms. The predicted molar refractivity (Wildman–Crippen MR) is 81.7 cm³/mol. The molecule has 0 amide bonds. The molecule has 0 bridgehead atoms. The molecule has 1 aromatic rings. The number of hydrogen-bond donors (Lipinski definition) is 0. The Balaban J connectivity index is 1.95. The Morgan fingerprint density at radius 1 is 1.32 bits per heavy atom. The molecule has 1 fully saturated rings. The van der Waals surface area contributed by atoms with Crippen LogP contribution < -0.4 is 0 Å². The topological polar surface area (TPSA) is 16.1 Å². The van der Waals surface area contributed by atoms with E-state index in [0.717, 1.165) is 24.1 Å². The fraction of sp³-hybridized carbons (Fsp3) is 0.471. The van der Waals surface area contributed by atoms with E-state index in [9.17, 15) is 0 Å². The fourth-order valence-corrected chi connectivity index (χ4v) is 2.97. The molecule has 0 spiro atoms. The molecule has 0 radical (unpaired) electrons. The Labute approximate surface area is 116 Å². The summed E-state index contributed by atoms with van der Waals surface area (Å²) in [6, 6.07) is 4.26. The molecule has 2 heteroatoms. The first kappa shape index (κ1) is 14.0. The van der Waals surface area contributed by atoms with Crippen LogP contribution in [0.2, 0.25) is 0 Å². The predicted octanol–water partition coefficient (Wildman–Crippen LogP) is 3.76. The molecule has 2 nitrogen and oxygen atoms in total. The van der Waals surface area contributed by atoms with Crippen LogP contribution in [0.15, 0.2) is 37.1 Å². The van der Waals surface area contributed by atoms with Gasteiger partial charge in [0.2, 0.25) is 0 Å². The van der Waals surface area contributed by atoms with Gasteiger partial charge in [-0.05, 0) is 36.0 Å².